The molecule has 0 aliphatic heterocycles. The van der Waals surface area contributed by atoms with Crippen molar-refractivity contribution in [2.45, 2.75) is 71.1 Å². The van der Waals surface area contributed by atoms with Crippen LogP contribution in [0.5, 0.6) is 0 Å². The molecular formula is C22H37NO2. The average molecular weight is 348 g/mol. The lowest BCUT2D eigenvalue weighted by molar-refractivity contribution is -0.116. The van der Waals surface area contributed by atoms with Gasteiger partial charge < -0.3 is 10.4 Å². The van der Waals surface area contributed by atoms with Crippen LogP contribution in [-0.2, 0) is 4.79 Å². The van der Waals surface area contributed by atoms with Crippen molar-refractivity contribution in [1.82, 2.24) is 5.32 Å². The molecule has 0 aliphatic rings. The maximum Gasteiger partial charge on any atom is 0.244 e. The fourth-order valence-corrected chi connectivity index (χ4v) is 2.39. The Morgan fingerprint density at radius 2 is 1.36 bits per heavy atom. The minimum absolute atomic E-state index is 0.0382. The van der Waals surface area contributed by atoms with Crippen LogP contribution in [0.25, 0.3) is 0 Å². The lowest BCUT2D eigenvalue weighted by atomic mass is 10.1. The molecule has 0 aromatic carbocycles. The smallest absolute Gasteiger partial charge is 0.244 e. The summed E-state index contributed by atoms with van der Waals surface area (Å²) >= 11 is 0. The van der Waals surface area contributed by atoms with Crippen LogP contribution in [-0.4, -0.2) is 24.2 Å². The number of hydrogen-bond donors (Lipinski definition) is 2. The Hall–Kier alpha value is -1.61. The van der Waals surface area contributed by atoms with E-state index in [1.165, 1.54) is 63.9 Å². The van der Waals surface area contributed by atoms with Crippen molar-refractivity contribution < 1.29 is 9.90 Å². The molecule has 0 heterocycles. The third kappa shape index (κ3) is 20.3. The number of aliphatic hydroxyl groups excluding tert-OH is 1. The number of unbranched alkanes of at least 4 members (excludes halogenated alkanes) is 9. The zero-order valence-electron chi connectivity index (χ0n) is 16.0. The van der Waals surface area contributed by atoms with Gasteiger partial charge in [-0.15, -0.1) is 0 Å². The molecule has 0 unspecified atom stereocenters. The van der Waals surface area contributed by atoms with E-state index < -0.39 is 0 Å². The Morgan fingerprint density at radius 3 is 2.00 bits per heavy atom. The topological polar surface area (TPSA) is 49.3 Å². The number of carbonyl (C=O) groups is 1. The molecule has 0 spiro atoms. The highest BCUT2D eigenvalue weighted by Gasteiger charge is 1.91. The van der Waals surface area contributed by atoms with Crippen molar-refractivity contribution >= 4 is 5.91 Å². The fraction of sp³-hybridized carbons (Fsp3) is 0.591. The Labute approximate surface area is 154 Å². The molecule has 2 N–H and O–H groups in total. The predicted octanol–water partition coefficient (Wildman–Crippen LogP) is 5.24. The molecular weight excluding hydrogens is 310 g/mol. The molecule has 0 aromatic heterocycles. The highest BCUT2D eigenvalue weighted by Crippen LogP contribution is 2.10. The highest BCUT2D eigenvalue weighted by atomic mass is 16.3. The number of rotatable bonds is 16. The van der Waals surface area contributed by atoms with Crippen molar-refractivity contribution in [3.8, 4) is 0 Å². The molecule has 0 saturated carbocycles. The van der Waals surface area contributed by atoms with Crippen molar-refractivity contribution in [2.75, 3.05) is 13.2 Å². The van der Waals surface area contributed by atoms with Crippen LogP contribution in [0.2, 0.25) is 0 Å². The third-order valence-electron chi connectivity index (χ3n) is 3.82. The van der Waals surface area contributed by atoms with Gasteiger partial charge in [-0.05, 0) is 12.8 Å². The molecule has 0 rings (SSSR count). The summed E-state index contributed by atoms with van der Waals surface area (Å²) in [5, 5.41) is 11.1. The summed E-state index contributed by atoms with van der Waals surface area (Å²) < 4.78 is 0. The number of nitrogens with one attached hydrogen (secondary N) is 1. The van der Waals surface area contributed by atoms with Crippen LogP contribution in [0.1, 0.15) is 71.1 Å². The standard InChI is InChI=1S/C22H37NO2/c1-2-3-4-5-6-7-8-9-10-11-12-13-14-15-16-17-18-19-22(25)23-20-21-24/h12-19,24H,2-11,20-21H2,1H3,(H,23,25). The number of hydrogen-bond acceptors (Lipinski definition) is 2. The van der Waals surface area contributed by atoms with Gasteiger partial charge in [0.1, 0.15) is 0 Å². The SMILES string of the molecule is CCCCCCCCCCCC=CC=CC=CC=CC(=O)NCCO. The van der Waals surface area contributed by atoms with E-state index in [-0.39, 0.29) is 19.1 Å². The average Bonchev–Trinajstić information content (AvgIpc) is 2.62. The first-order valence-corrected chi connectivity index (χ1v) is 9.86. The molecule has 0 radical (unpaired) electrons. The lowest BCUT2D eigenvalue weighted by Crippen LogP contribution is -2.24. The van der Waals surface area contributed by atoms with E-state index in [1.807, 2.05) is 24.3 Å². The first-order valence-electron chi connectivity index (χ1n) is 9.86. The molecule has 3 nitrogen and oxygen atoms in total. The van der Waals surface area contributed by atoms with Crippen LogP contribution >= 0.6 is 0 Å². The van der Waals surface area contributed by atoms with Crippen LogP contribution < -0.4 is 5.32 Å². The van der Waals surface area contributed by atoms with E-state index in [0.29, 0.717) is 0 Å². The lowest BCUT2D eigenvalue weighted by Gasteiger charge is -2.00. The summed E-state index contributed by atoms with van der Waals surface area (Å²) in [4.78, 5) is 11.2. The van der Waals surface area contributed by atoms with E-state index in [9.17, 15) is 4.79 Å². The van der Waals surface area contributed by atoms with E-state index in [1.54, 1.807) is 6.08 Å². The van der Waals surface area contributed by atoms with Gasteiger partial charge in [0.05, 0.1) is 6.61 Å². The second-order valence-electron chi connectivity index (χ2n) is 6.19. The van der Waals surface area contributed by atoms with Gasteiger partial charge in [0, 0.05) is 12.6 Å². The van der Waals surface area contributed by atoms with Crippen molar-refractivity contribution in [3.05, 3.63) is 48.6 Å². The molecule has 142 valence electrons. The van der Waals surface area contributed by atoms with Gasteiger partial charge in [-0.2, -0.15) is 0 Å². The fourth-order valence-electron chi connectivity index (χ4n) is 2.39. The Kier molecular flexibility index (Phi) is 19.1. The number of allylic oxidation sites excluding steroid dienone is 7. The monoisotopic (exact) mass is 347 g/mol. The van der Waals surface area contributed by atoms with E-state index in [2.05, 4.69) is 24.4 Å². The number of amides is 1. The van der Waals surface area contributed by atoms with Gasteiger partial charge in [-0.25, -0.2) is 0 Å². The summed E-state index contributed by atoms with van der Waals surface area (Å²) in [5.41, 5.74) is 0. The van der Waals surface area contributed by atoms with E-state index >= 15 is 0 Å². The molecule has 0 aromatic rings. The molecule has 0 saturated heterocycles. The van der Waals surface area contributed by atoms with Crippen molar-refractivity contribution in [2.24, 2.45) is 0 Å². The quantitative estimate of drug-likeness (QED) is 0.228. The first kappa shape index (κ1) is 23.4. The van der Waals surface area contributed by atoms with E-state index in [4.69, 9.17) is 5.11 Å². The van der Waals surface area contributed by atoms with Gasteiger partial charge in [-0.1, -0.05) is 101 Å². The molecule has 1 amide bonds. The minimum Gasteiger partial charge on any atom is -0.395 e. The maximum atomic E-state index is 11.2. The second kappa shape index (κ2) is 20.4. The van der Waals surface area contributed by atoms with Crippen molar-refractivity contribution in [3.63, 3.8) is 0 Å². The van der Waals surface area contributed by atoms with Crippen LogP contribution in [0.3, 0.4) is 0 Å². The van der Waals surface area contributed by atoms with Gasteiger partial charge >= 0.3 is 0 Å². The van der Waals surface area contributed by atoms with Gasteiger partial charge in [0.2, 0.25) is 5.91 Å². The minimum atomic E-state index is -0.191. The predicted molar refractivity (Wildman–Crippen MR) is 108 cm³/mol. The summed E-state index contributed by atoms with van der Waals surface area (Å²) in [6, 6.07) is 0. The Bertz CT molecular complexity index is 408. The van der Waals surface area contributed by atoms with E-state index in [0.717, 1.165) is 6.42 Å². The third-order valence-corrected chi connectivity index (χ3v) is 3.82. The maximum absolute atomic E-state index is 11.2. The molecule has 0 aliphatic carbocycles. The Morgan fingerprint density at radius 1 is 0.800 bits per heavy atom. The second-order valence-corrected chi connectivity index (χ2v) is 6.19. The molecule has 25 heavy (non-hydrogen) atoms. The zero-order valence-corrected chi connectivity index (χ0v) is 16.0. The van der Waals surface area contributed by atoms with Crippen LogP contribution in [0.15, 0.2) is 48.6 Å². The largest absolute Gasteiger partial charge is 0.395 e. The zero-order chi connectivity index (χ0) is 18.4. The number of carbonyl (C=O) groups excluding carboxylic acids is 1. The molecule has 3 heteroatoms. The summed E-state index contributed by atoms with van der Waals surface area (Å²) in [5.74, 6) is -0.191. The van der Waals surface area contributed by atoms with Crippen LogP contribution in [0.4, 0.5) is 0 Å². The molecule has 0 atom stereocenters. The normalized spacial score (nSPS) is 12.2. The van der Waals surface area contributed by atoms with Crippen molar-refractivity contribution in [1.29, 1.82) is 0 Å². The number of aliphatic hydroxyl groups is 1. The van der Waals surface area contributed by atoms with Gasteiger partial charge in [-0.3, -0.25) is 4.79 Å². The summed E-state index contributed by atoms with van der Waals surface area (Å²) in [7, 11) is 0. The van der Waals surface area contributed by atoms with Crippen LogP contribution in [0, 0.1) is 0 Å². The molecule has 0 fully saturated rings. The first-order chi connectivity index (χ1) is 12.3. The van der Waals surface area contributed by atoms with Gasteiger partial charge in [0.15, 0.2) is 0 Å². The highest BCUT2D eigenvalue weighted by molar-refractivity contribution is 5.87. The summed E-state index contributed by atoms with van der Waals surface area (Å²) in [6.45, 7) is 2.51. The Balaban J connectivity index is 3.46. The summed E-state index contributed by atoms with van der Waals surface area (Å²) in [6.07, 6.45) is 28.5. The van der Waals surface area contributed by atoms with Gasteiger partial charge in [0.25, 0.3) is 0 Å². The molecule has 0 bridgehead atoms.